The number of hydrogen-bond donors (Lipinski definition) is 1. The third kappa shape index (κ3) is 5.33. The van der Waals surface area contributed by atoms with Crippen LogP contribution in [0.1, 0.15) is 52.6 Å². The van der Waals surface area contributed by atoms with Gasteiger partial charge in [0, 0.05) is 20.2 Å². The summed E-state index contributed by atoms with van der Waals surface area (Å²) in [6.07, 6.45) is 1.17. The van der Waals surface area contributed by atoms with E-state index in [4.69, 9.17) is 0 Å². The molecule has 0 aliphatic rings. The Labute approximate surface area is 124 Å². The fraction of sp³-hybridized carbons (Fsp3) is 0.600. The predicted molar refractivity (Wildman–Crippen MR) is 86.5 cm³/mol. The molecule has 0 saturated heterocycles. The molecule has 0 radical (unpaired) electrons. The van der Waals surface area contributed by atoms with Gasteiger partial charge in [-0.3, -0.25) is 0 Å². The Kier molecular flexibility index (Phi) is 6.22. The molecule has 102 valence electrons. The first-order chi connectivity index (χ1) is 8.33. The predicted octanol–water partition coefficient (Wildman–Crippen LogP) is 5.40. The quantitative estimate of drug-likeness (QED) is 0.726. The van der Waals surface area contributed by atoms with Crippen LogP contribution in [0.3, 0.4) is 0 Å². The second-order valence-electron chi connectivity index (χ2n) is 5.57. The average molecular weight is 330 g/mol. The minimum Gasteiger partial charge on any atom is -0.310 e. The average Bonchev–Trinajstić information content (AvgIpc) is 2.23. The molecule has 0 saturated carbocycles. The zero-order chi connectivity index (χ0) is 13.8. The molecule has 1 nitrogen and oxygen atoms in total. The van der Waals surface area contributed by atoms with Crippen LogP contribution in [0.5, 0.6) is 0 Å². The summed E-state index contributed by atoms with van der Waals surface area (Å²) < 4.78 is 1.46. The molecule has 1 aromatic carbocycles. The van der Waals surface area contributed by atoms with E-state index in [1.165, 1.54) is 21.4 Å². The van der Waals surface area contributed by atoms with Crippen LogP contribution < -0.4 is 5.32 Å². The smallest absolute Gasteiger partial charge is 0.0302 e. The largest absolute Gasteiger partial charge is 0.310 e. The second kappa shape index (κ2) is 6.97. The van der Waals surface area contributed by atoms with E-state index in [-0.39, 0.29) is 4.75 Å². The third-order valence-corrected chi connectivity index (χ3v) is 4.35. The van der Waals surface area contributed by atoms with E-state index in [1.807, 2.05) is 11.8 Å². The van der Waals surface area contributed by atoms with Crippen LogP contribution >= 0.6 is 27.7 Å². The van der Waals surface area contributed by atoms with Crippen LogP contribution in [-0.2, 0) is 0 Å². The monoisotopic (exact) mass is 329 g/mol. The van der Waals surface area contributed by atoms with Crippen LogP contribution in [0.2, 0.25) is 0 Å². The lowest BCUT2D eigenvalue weighted by molar-refractivity contribution is 0.568. The maximum Gasteiger partial charge on any atom is 0.0302 e. The van der Waals surface area contributed by atoms with Gasteiger partial charge in [0.15, 0.2) is 0 Å². The minimum atomic E-state index is 0.257. The molecule has 0 aliphatic carbocycles. The second-order valence-corrected chi connectivity index (χ2v) is 8.33. The molecule has 0 amide bonds. The van der Waals surface area contributed by atoms with Crippen LogP contribution in [0.15, 0.2) is 27.6 Å². The molecule has 1 rings (SSSR count). The van der Waals surface area contributed by atoms with E-state index < -0.39 is 0 Å². The van der Waals surface area contributed by atoms with Crippen molar-refractivity contribution < 1.29 is 0 Å². The molecule has 1 atom stereocenters. The highest BCUT2D eigenvalue weighted by Crippen LogP contribution is 2.35. The number of halogens is 1. The number of hydrogen-bond acceptors (Lipinski definition) is 2. The Bertz CT molecular complexity index is 385. The van der Waals surface area contributed by atoms with Gasteiger partial charge in [-0.1, -0.05) is 49.7 Å². The van der Waals surface area contributed by atoms with Gasteiger partial charge >= 0.3 is 0 Å². The van der Waals surface area contributed by atoms with Gasteiger partial charge < -0.3 is 5.32 Å². The highest BCUT2D eigenvalue weighted by molar-refractivity contribution is 9.10. The van der Waals surface area contributed by atoms with Crippen molar-refractivity contribution in [2.45, 2.75) is 56.7 Å². The van der Waals surface area contributed by atoms with E-state index in [0.717, 1.165) is 6.54 Å². The fourth-order valence-electron chi connectivity index (χ4n) is 1.75. The number of rotatable bonds is 5. The van der Waals surface area contributed by atoms with Gasteiger partial charge in [-0.05, 0) is 37.6 Å². The Morgan fingerprint density at radius 3 is 2.50 bits per heavy atom. The van der Waals surface area contributed by atoms with Gasteiger partial charge in [0.05, 0.1) is 0 Å². The van der Waals surface area contributed by atoms with Crippen molar-refractivity contribution >= 4 is 27.7 Å². The van der Waals surface area contributed by atoms with Gasteiger partial charge in [0.25, 0.3) is 0 Å². The highest BCUT2D eigenvalue weighted by Gasteiger charge is 2.14. The summed E-state index contributed by atoms with van der Waals surface area (Å²) in [6.45, 7) is 12.2. The van der Waals surface area contributed by atoms with Crippen LogP contribution in [0, 0.1) is 0 Å². The summed E-state index contributed by atoms with van der Waals surface area (Å²) in [6, 6.07) is 7.08. The lowest BCUT2D eigenvalue weighted by atomic mass is 10.1. The van der Waals surface area contributed by atoms with Crippen LogP contribution in [0.25, 0.3) is 0 Å². The van der Waals surface area contributed by atoms with Crippen molar-refractivity contribution in [2.24, 2.45) is 0 Å². The Morgan fingerprint density at radius 1 is 1.33 bits per heavy atom. The molecule has 3 heteroatoms. The first-order valence-electron chi connectivity index (χ1n) is 6.55. The Morgan fingerprint density at radius 2 is 2.00 bits per heavy atom. The summed E-state index contributed by atoms with van der Waals surface area (Å²) in [7, 11) is 0. The molecule has 0 spiro atoms. The summed E-state index contributed by atoms with van der Waals surface area (Å²) >= 11 is 5.60. The first kappa shape index (κ1) is 16.1. The summed E-state index contributed by atoms with van der Waals surface area (Å²) in [5.74, 6) is 0. The minimum absolute atomic E-state index is 0.257. The Balaban J connectivity index is 2.79. The molecular weight excluding hydrogens is 306 g/mol. The van der Waals surface area contributed by atoms with Crippen molar-refractivity contribution in [3.63, 3.8) is 0 Å². The van der Waals surface area contributed by atoms with E-state index in [2.05, 4.69) is 74.1 Å². The van der Waals surface area contributed by atoms with E-state index >= 15 is 0 Å². The van der Waals surface area contributed by atoms with Crippen molar-refractivity contribution in [3.8, 4) is 0 Å². The van der Waals surface area contributed by atoms with E-state index in [1.54, 1.807) is 0 Å². The summed E-state index contributed by atoms with van der Waals surface area (Å²) in [4.78, 5) is 1.32. The SMILES string of the molecule is CCCNC(C)c1ccc(SC(C)(C)C)cc1Br. The number of benzene rings is 1. The maximum absolute atomic E-state index is 3.69. The molecule has 18 heavy (non-hydrogen) atoms. The lowest BCUT2D eigenvalue weighted by Crippen LogP contribution is -2.19. The molecule has 1 unspecified atom stereocenters. The molecule has 0 heterocycles. The van der Waals surface area contributed by atoms with Gasteiger partial charge in [-0.15, -0.1) is 11.8 Å². The van der Waals surface area contributed by atoms with Crippen molar-refractivity contribution in [3.05, 3.63) is 28.2 Å². The first-order valence-corrected chi connectivity index (χ1v) is 8.16. The fourth-order valence-corrected chi connectivity index (χ4v) is 3.64. The van der Waals surface area contributed by atoms with Crippen molar-refractivity contribution in [1.82, 2.24) is 5.32 Å². The van der Waals surface area contributed by atoms with Crippen molar-refractivity contribution in [1.29, 1.82) is 0 Å². The lowest BCUT2D eigenvalue weighted by Gasteiger charge is -2.20. The molecule has 0 aromatic heterocycles. The van der Waals surface area contributed by atoms with Gasteiger partial charge in [-0.2, -0.15) is 0 Å². The zero-order valence-corrected chi connectivity index (χ0v) is 14.4. The van der Waals surface area contributed by atoms with Gasteiger partial charge in [0.2, 0.25) is 0 Å². The van der Waals surface area contributed by atoms with Crippen LogP contribution in [-0.4, -0.2) is 11.3 Å². The third-order valence-electron chi connectivity index (χ3n) is 2.56. The molecule has 1 aromatic rings. The molecule has 1 N–H and O–H groups in total. The van der Waals surface area contributed by atoms with Crippen LogP contribution in [0.4, 0.5) is 0 Å². The molecular formula is C15H24BrNS. The van der Waals surface area contributed by atoms with Gasteiger partial charge in [-0.25, -0.2) is 0 Å². The van der Waals surface area contributed by atoms with E-state index in [9.17, 15) is 0 Å². The zero-order valence-electron chi connectivity index (χ0n) is 12.0. The Hall–Kier alpha value is 0.01000. The highest BCUT2D eigenvalue weighted by atomic mass is 79.9. The van der Waals surface area contributed by atoms with Crippen molar-refractivity contribution in [2.75, 3.05) is 6.54 Å². The molecule has 0 fully saturated rings. The molecule has 0 bridgehead atoms. The molecule has 0 aliphatic heterocycles. The van der Waals surface area contributed by atoms with Gasteiger partial charge in [0.1, 0.15) is 0 Å². The summed E-state index contributed by atoms with van der Waals surface area (Å²) in [5.41, 5.74) is 1.33. The maximum atomic E-state index is 3.69. The van der Waals surface area contributed by atoms with E-state index in [0.29, 0.717) is 6.04 Å². The topological polar surface area (TPSA) is 12.0 Å². The number of thioether (sulfide) groups is 1. The normalized spacial score (nSPS) is 13.7. The standard InChI is InChI=1S/C15H24BrNS/c1-6-9-17-11(2)13-8-7-12(10-14(13)16)18-15(3,4)5/h7-8,10-11,17H,6,9H2,1-5H3. The summed E-state index contributed by atoms with van der Waals surface area (Å²) in [5, 5.41) is 3.52. The number of nitrogens with one attached hydrogen (secondary N) is 1.